The normalized spacial score (nSPS) is 16.7. The Kier molecular flexibility index (Phi) is 11.7. The topological polar surface area (TPSA) is 138 Å². The van der Waals surface area contributed by atoms with Crippen molar-refractivity contribution in [3.63, 3.8) is 0 Å². The van der Waals surface area contributed by atoms with E-state index in [9.17, 15) is 24.4 Å². The molecule has 5 amide bonds. The van der Waals surface area contributed by atoms with Crippen LogP contribution in [0.2, 0.25) is 10.0 Å². The van der Waals surface area contributed by atoms with Gasteiger partial charge >= 0.3 is 12.1 Å². The number of fused-ring (bicyclic) bond motifs is 2. The Morgan fingerprint density at radius 1 is 0.857 bits per heavy atom. The number of hydrogen-bond donors (Lipinski definition) is 2. The molecule has 0 radical (unpaired) electrons. The van der Waals surface area contributed by atoms with Crippen molar-refractivity contribution in [1.82, 2.24) is 25.1 Å². The third-order valence-electron chi connectivity index (χ3n) is 9.84. The van der Waals surface area contributed by atoms with Gasteiger partial charge < -0.3 is 19.9 Å². The largest absolute Gasteiger partial charge is 0.444 e. The Bertz CT molecular complexity index is 2300. The van der Waals surface area contributed by atoms with Gasteiger partial charge in [-0.25, -0.2) is 14.6 Å². The molecule has 2 fully saturated rings. The number of benzene rings is 5. The number of halogens is 2. The van der Waals surface area contributed by atoms with Gasteiger partial charge in [0.05, 0.1) is 29.2 Å². The maximum atomic E-state index is 14.5. The summed E-state index contributed by atoms with van der Waals surface area (Å²) in [7, 11) is 0. The molecule has 2 aliphatic heterocycles. The summed E-state index contributed by atoms with van der Waals surface area (Å²) in [5.41, 5.74) is 3.73. The van der Waals surface area contributed by atoms with Crippen molar-refractivity contribution in [3.05, 3.63) is 148 Å². The van der Waals surface area contributed by atoms with E-state index in [1.807, 2.05) is 72.8 Å². The number of nitrogens with one attached hydrogen (secondary N) is 2. The highest BCUT2D eigenvalue weighted by Crippen LogP contribution is 2.32. The molecule has 56 heavy (non-hydrogen) atoms. The predicted octanol–water partition coefficient (Wildman–Crippen LogP) is 6.97. The molecule has 7 rings (SSSR count). The monoisotopic (exact) mass is 789 g/mol. The molecule has 0 aliphatic carbocycles. The summed E-state index contributed by atoms with van der Waals surface area (Å²) in [6.45, 7) is 0.0225. The van der Waals surface area contributed by atoms with Gasteiger partial charge in [-0.1, -0.05) is 114 Å². The summed E-state index contributed by atoms with van der Waals surface area (Å²) in [5.74, 6) is -0.593. The van der Waals surface area contributed by atoms with E-state index >= 15 is 0 Å². The Morgan fingerprint density at radius 3 is 2.36 bits per heavy atom. The first-order valence-corrected chi connectivity index (χ1v) is 18.7. The average Bonchev–Trinajstić information content (AvgIpc) is 3.53. The molecule has 0 unspecified atom stereocenters. The molecule has 2 aliphatic rings. The van der Waals surface area contributed by atoms with E-state index in [1.54, 1.807) is 52.4 Å². The van der Waals surface area contributed by atoms with Crippen molar-refractivity contribution in [2.24, 2.45) is 0 Å². The smallest absolute Gasteiger partial charge is 0.411 e. The minimum absolute atomic E-state index is 0.0950. The quantitative estimate of drug-likeness (QED) is 0.138. The molecular weight excluding hydrogens is 753 g/mol. The third-order valence-corrected chi connectivity index (χ3v) is 10.6. The van der Waals surface area contributed by atoms with Crippen LogP contribution in [-0.2, 0) is 40.4 Å². The lowest BCUT2D eigenvalue weighted by Crippen LogP contribution is -2.66. The third kappa shape index (κ3) is 8.56. The van der Waals surface area contributed by atoms with Crippen LogP contribution in [0.4, 0.5) is 15.3 Å². The van der Waals surface area contributed by atoms with Gasteiger partial charge in [-0.3, -0.25) is 14.9 Å². The van der Waals surface area contributed by atoms with Crippen LogP contribution < -0.4 is 10.6 Å². The molecule has 12 nitrogen and oxygen atoms in total. The summed E-state index contributed by atoms with van der Waals surface area (Å²) in [5, 5.41) is 20.9. The Labute approximate surface area is 333 Å². The molecule has 0 aromatic heterocycles. The number of anilines is 1. The number of carbonyl (C=O) groups is 4. The average molecular weight is 791 g/mol. The number of amides is 5. The van der Waals surface area contributed by atoms with Crippen LogP contribution in [0.25, 0.3) is 10.8 Å². The van der Waals surface area contributed by atoms with Crippen LogP contribution in [-0.4, -0.2) is 75.6 Å². The van der Waals surface area contributed by atoms with E-state index in [4.69, 9.17) is 27.9 Å². The van der Waals surface area contributed by atoms with Crippen LogP contribution in [0, 0.1) is 11.3 Å². The second-order valence-corrected chi connectivity index (χ2v) is 14.3. The van der Waals surface area contributed by atoms with Gasteiger partial charge in [-0.2, -0.15) is 10.3 Å². The van der Waals surface area contributed by atoms with Crippen LogP contribution in [0.5, 0.6) is 0 Å². The lowest BCUT2D eigenvalue weighted by atomic mass is 9.98. The minimum atomic E-state index is -0.918. The zero-order chi connectivity index (χ0) is 39.2. The summed E-state index contributed by atoms with van der Waals surface area (Å²) in [6.07, 6.45) is -1.19. The van der Waals surface area contributed by atoms with Gasteiger partial charge in [0.2, 0.25) is 11.8 Å². The van der Waals surface area contributed by atoms with Crippen molar-refractivity contribution in [2.45, 2.75) is 38.3 Å². The predicted molar refractivity (Wildman–Crippen MR) is 212 cm³/mol. The van der Waals surface area contributed by atoms with E-state index < -0.39 is 24.3 Å². The van der Waals surface area contributed by atoms with E-state index in [0.717, 1.165) is 27.5 Å². The number of rotatable bonds is 11. The zero-order valence-corrected chi connectivity index (χ0v) is 31.6. The number of carbonyl (C=O) groups excluding carboxylic acids is 4. The molecule has 0 saturated carbocycles. The van der Waals surface area contributed by atoms with Gasteiger partial charge in [0.1, 0.15) is 25.4 Å². The molecule has 5 aromatic carbocycles. The SMILES string of the molecule is N#CCN(C(=O)NCc1ccc(Cl)c(Cl)c1)N1CC(=O)N2[C@@H](Cc3ccc(NC(=O)OCc4ccccc4)cc3)C(=O)N(Cc3cccc4ccccc34)C[C@@H]21. The van der Waals surface area contributed by atoms with Crippen molar-refractivity contribution >= 4 is 63.6 Å². The Hall–Kier alpha value is -6.13. The summed E-state index contributed by atoms with van der Waals surface area (Å²) in [4.78, 5) is 57.8. The molecule has 2 saturated heterocycles. The van der Waals surface area contributed by atoms with Crippen molar-refractivity contribution < 1.29 is 23.9 Å². The van der Waals surface area contributed by atoms with E-state index in [1.165, 1.54) is 9.91 Å². The summed E-state index contributed by atoms with van der Waals surface area (Å²) < 4.78 is 5.34. The highest BCUT2D eigenvalue weighted by Gasteiger charge is 2.52. The second kappa shape index (κ2) is 17.1. The fraction of sp³-hybridized carbons (Fsp3) is 0.214. The summed E-state index contributed by atoms with van der Waals surface area (Å²) >= 11 is 12.2. The van der Waals surface area contributed by atoms with Crippen molar-refractivity contribution in [1.29, 1.82) is 5.26 Å². The number of ether oxygens (including phenoxy) is 1. The van der Waals surface area contributed by atoms with Crippen LogP contribution in [0.3, 0.4) is 0 Å². The van der Waals surface area contributed by atoms with Crippen molar-refractivity contribution in [3.8, 4) is 6.07 Å². The number of piperazine rings is 1. The molecule has 0 spiro atoms. The lowest BCUT2D eigenvalue weighted by molar-refractivity contribution is -0.157. The standard InChI is InChI=1S/C42H37Cl2N7O5/c43-35-18-15-30(21-36(35)44)23-46-41(54)49(20-19-45)50-26-39(52)51-37(22-28-13-16-33(17-14-28)47-42(55)56-27-29-7-2-1-3-8-29)40(53)48(25-38(50)51)24-32-11-6-10-31-9-4-5-12-34(31)32/h1-18,21,37-38H,20,22-27H2,(H,46,54)(H,47,55)/t37-,38+/m0/s1. The number of nitriles is 1. The number of nitrogens with zero attached hydrogens (tertiary/aromatic N) is 5. The van der Waals surface area contributed by atoms with E-state index in [-0.39, 0.29) is 57.6 Å². The Morgan fingerprint density at radius 2 is 1.59 bits per heavy atom. The maximum Gasteiger partial charge on any atom is 0.411 e. The first-order valence-electron chi connectivity index (χ1n) is 17.9. The van der Waals surface area contributed by atoms with Crippen LogP contribution in [0.15, 0.2) is 115 Å². The summed E-state index contributed by atoms with van der Waals surface area (Å²) in [6, 6.07) is 35.7. The molecule has 2 atom stereocenters. The van der Waals surface area contributed by atoms with Crippen LogP contribution in [0.1, 0.15) is 22.3 Å². The molecular formula is C42H37Cl2N7O5. The number of hydrogen-bond acceptors (Lipinski definition) is 7. The van der Waals surface area contributed by atoms with Gasteiger partial charge in [-0.05, 0) is 57.3 Å². The fourth-order valence-corrected chi connectivity index (χ4v) is 7.44. The highest BCUT2D eigenvalue weighted by molar-refractivity contribution is 6.42. The highest BCUT2D eigenvalue weighted by atomic mass is 35.5. The maximum absolute atomic E-state index is 14.5. The van der Waals surface area contributed by atoms with Gasteiger partial charge in [0, 0.05) is 25.2 Å². The molecule has 0 bridgehead atoms. The fourth-order valence-electron chi connectivity index (χ4n) is 7.12. The van der Waals surface area contributed by atoms with Gasteiger partial charge in [0.25, 0.3) is 0 Å². The van der Waals surface area contributed by atoms with Gasteiger partial charge in [-0.15, -0.1) is 0 Å². The first-order chi connectivity index (χ1) is 27.2. The lowest BCUT2D eigenvalue weighted by Gasteiger charge is -2.46. The zero-order valence-electron chi connectivity index (χ0n) is 30.1. The van der Waals surface area contributed by atoms with Gasteiger partial charge in [0.15, 0.2) is 0 Å². The minimum Gasteiger partial charge on any atom is -0.444 e. The Balaban J connectivity index is 1.12. The van der Waals surface area contributed by atoms with E-state index in [2.05, 4.69) is 16.7 Å². The first kappa shape index (κ1) is 38.2. The number of urea groups is 1. The molecule has 2 heterocycles. The van der Waals surface area contributed by atoms with Crippen LogP contribution >= 0.6 is 23.2 Å². The molecule has 284 valence electrons. The number of hydrazine groups is 1. The second-order valence-electron chi connectivity index (χ2n) is 13.5. The van der Waals surface area contributed by atoms with E-state index in [0.29, 0.717) is 21.3 Å². The molecule has 2 N–H and O–H groups in total. The van der Waals surface area contributed by atoms with Crippen molar-refractivity contribution in [2.75, 3.05) is 25.0 Å². The molecule has 14 heteroatoms. The molecule has 5 aromatic rings.